The van der Waals surface area contributed by atoms with Crippen molar-refractivity contribution in [1.29, 1.82) is 0 Å². The minimum absolute atomic E-state index is 0.0298. The lowest BCUT2D eigenvalue weighted by molar-refractivity contribution is -0.137. The van der Waals surface area contributed by atoms with Crippen LogP contribution in [0, 0.1) is 5.92 Å². The number of carbonyl (C=O) groups is 3. The molecule has 3 rings (SSSR count). The number of rotatable bonds is 4. The maximum atomic E-state index is 12.8. The first-order chi connectivity index (χ1) is 12.9. The van der Waals surface area contributed by atoms with Gasteiger partial charge in [-0.15, -0.1) is 0 Å². The normalized spacial score (nSPS) is 26.0. The lowest BCUT2D eigenvalue weighted by Crippen LogP contribution is -2.46. The Labute approximate surface area is 157 Å². The number of pyridine rings is 1. The molecule has 0 aromatic carbocycles. The van der Waals surface area contributed by atoms with Gasteiger partial charge in [-0.25, -0.2) is 4.98 Å². The van der Waals surface area contributed by atoms with Crippen molar-refractivity contribution in [2.45, 2.75) is 37.8 Å². The Hall–Kier alpha value is -2.68. The molecule has 1 aromatic rings. The monoisotopic (exact) mass is 375 g/mol. The Morgan fingerprint density at radius 1 is 1.30 bits per heavy atom. The maximum Gasteiger partial charge on any atom is 0.250 e. The van der Waals surface area contributed by atoms with Gasteiger partial charge < -0.3 is 26.4 Å². The lowest BCUT2D eigenvalue weighted by atomic mass is 9.82. The molecule has 1 saturated heterocycles. The Morgan fingerprint density at radius 3 is 2.81 bits per heavy atom. The van der Waals surface area contributed by atoms with E-state index in [1.807, 2.05) is 0 Å². The second-order valence-electron chi connectivity index (χ2n) is 7.05. The van der Waals surface area contributed by atoms with Gasteiger partial charge in [-0.05, 0) is 31.4 Å². The first-order valence-electron chi connectivity index (χ1n) is 9.20. The van der Waals surface area contributed by atoms with Crippen LogP contribution in [0.15, 0.2) is 18.3 Å². The second kappa shape index (κ2) is 8.34. The zero-order valence-corrected chi connectivity index (χ0v) is 15.1. The van der Waals surface area contributed by atoms with Gasteiger partial charge >= 0.3 is 0 Å². The third-order valence-electron chi connectivity index (χ3n) is 5.17. The summed E-state index contributed by atoms with van der Waals surface area (Å²) in [5.41, 5.74) is 5.51. The molecule has 0 spiro atoms. The van der Waals surface area contributed by atoms with E-state index in [1.54, 1.807) is 17.0 Å². The molecule has 2 aliphatic rings. The molecule has 5 N–H and O–H groups in total. The van der Waals surface area contributed by atoms with Gasteiger partial charge in [0.2, 0.25) is 17.7 Å². The van der Waals surface area contributed by atoms with E-state index in [0.29, 0.717) is 56.7 Å². The number of hydrogen-bond donors (Lipinski definition) is 4. The smallest absolute Gasteiger partial charge is 0.250 e. The fourth-order valence-corrected chi connectivity index (χ4v) is 3.59. The Bertz CT molecular complexity index is 708. The van der Waals surface area contributed by atoms with Crippen LogP contribution in [-0.2, 0) is 9.59 Å². The van der Waals surface area contributed by atoms with E-state index in [4.69, 9.17) is 5.73 Å². The number of aliphatic hydroxyl groups is 1. The van der Waals surface area contributed by atoms with Gasteiger partial charge in [0.25, 0.3) is 0 Å². The molecule has 0 bridgehead atoms. The van der Waals surface area contributed by atoms with E-state index in [-0.39, 0.29) is 23.8 Å². The van der Waals surface area contributed by atoms with Crippen LogP contribution in [0.3, 0.4) is 0 Å². The van der Waals surface area contributed by atoms with Crippen molar-refractivity contribution in [3.8, 4) is 0 Å². The predicted octanol–water partition coefficient (Wildman–Crippen LogP) is -0.529. The Kier molecular flexibility index (Phi) is 5.90. The number of nitrogens with zero attached hydrogens (tertiary/aromatic N) is 2. The summed E-state index contributed by atoms with van der Waals surface area (Å²) in [5, 5.41) is 16.2. The molecule has 2 fully saturated rings. The molecular weight excluding hydrogens is 350 g/mol. The van der Waals surface area contributed by atoms with E-state index in [1.165, 1.54) is 6.20 Å². The van der Waals surface area contributed by atoms with Crippen LogP contribution in [0.5, 0.6) is 0 Å². The zero-order chi connectivity index (χ0) is 19.4. The van der Waals surface area contributed by atoms with Gasteiger partial charge in [-0.3, -0.25) is 14.4 Å². The van der Waals surface area contributed by atoms with Crippen molar-refractivity contribution in [2.75, 3.05) is 25.0 Å². The average Bonchev–Trinajstić information content (AvgIpc) is 2.88. The third-order valence-corrected chi connectivity index (χ3v) is 5.17. The van der Waals surface area contributed by atoms with Crippen LogP contribution in [0.1, 0.15) is 36.0 Å². The number of primary amides is 1. The van der Waals surface area contributed by atoms with Gasteiger partial charge in [0.05, 0.1) is 17.7 Å². The summed E-state index contributed by atoms with van der Waals surface area (Å²) in [6, 6.07) is 2.88. The Morgan fingerprint density at radius 2 is 2.11 bits per heavy atom. The minimum Gasteiger partial charge on any atom is -0.391 e. The molecule has 1 aliphatic heterocycles. The predicted molar refractivity (Wildman–Crippen MR) is 97.7 cm³/mol. The van der Waals surface area contributed by atoms with Gasteiger partial charge in [0.15, 0.2) is 0 Å². The Balaban J connectivity index is 1.62. The number of carbonyl (C=O) groups excluding carboxylic acids is 3. The first kappa shape index (κ1) is 19.1. The zero-order valence-electron chi connectivity index (χ0n) is 15.1. The minimum atomic E-state index is -0.584. The van der Waals surface area contributed by atoms with Gasteiger partial charge in [0.1, 0.15) is 5.82 Å². The van der Waals surface area contributed by atoms with Crippen molar-refractivity contribution in [3.05, 3.63) is 23.9 Å². The van der Waals surface area contributed by atoms with Crippen molar-refractivity contribution in [1.82, 2.24) is 15.2 Å². The molecule has 9 nitrogen and oxygen atoms in total. The summed E-state index contributed by atoms with van der Waals surface area (Å²) >= 11 is 0. The molecule has 1 saturated carbocycles. The van der Waals surface area contributed by atoms with E-state index in [0.717, 1.165) is 0 Å². The molecule has 3 amide bonds. The molecule has 27 heavy (non-hydrogen) atoms. The van der Waals surface area contributed by atoms with Crippen LogP contribution < -0.4 is 16.4 Å². The number of aromatic nitrogens is 1. The van der Waals surface area contributed by atoms with Crippen LogP contribution in [0.2, 0.25) is 0 Å². The molecule has 1 aliphatic carbocycles. The molecular formula is C18H25N5O4. The summed E-state index contributed by atoms with van der Waals surface area (Å²) in [6.45, 7) is 1.41. The standard InChI is InChI=1S/C18H25N5O4/c19-17(26)12-2-4-15(21-10-12)22-13-9-11(1-3-14(13)24)18(27)23-7-5-16(25)20-6-8-23/h2,4,10-11,13-14,24H,1,3,5-9H2,(H2,19,26)(H,20,25)(H,21,22)/t11-,13+,14+/m0/s1. The number of amides is 3. The molecule has 2 heterocycles. The van der Waals surface area contributed by atoms with Crippen molar-refractivity contribution < 1.29 is 19.5 Å². The topological polar surface area (TPSA) is 138 Å². The van der Waals surface area contributed by atoms with E-state index in [2.05, 4.69) is 15.6 Å². The largest absolute Gasteiger partial charge is 0.391 e. The SMILES string of the molecule is NC(=O)c1ccc(N[C@@H]2C[C@@H](C(=O)N3CCNC(=O)CC3)CC[C@H]2O)nc1. The van der Waals surface area contributed by atoms with Crippen LogP contribution in [0.4, 0.5) is 5.82 Å². The molecule has 9 heteroatoms. The third kappa shape index (κ3) is 4.73. The molecule has 1 aromatic heterocycles. The summed E-state index contributed by atoms with van der Waals surface area (Å²) in [5.74, 6) is -0.245. The highest BCUT2D eigenvalue weighted by atomic mass is 16.3. The molecule has 3 atom stereocenters. The van der Waals surface area contributed by atoms with E-state index < -0.39 is 12.0 Å². The average molecular weight is 375 g/mol. The maximum absolute atomic E-state index is 12.8. The highest BCUT2D eigenvalue weighted by Crippen LogP contribution is 2.28. The van der Waals surface area contributed by atoms with Crippen molar-refractivity contribution in [3.63, 3.8) is 0 Å². The number of nitrogens with one attached hydrogen (secondary N) is 2. The molecule has 0 radical (unpaired) electrons. The quantitative estimate of drug-likeness (QED) is 0.558. The number of anilines is 1. The number of nitrogens with two attached hydrogens (primary N) is 1. The van der Waals surface area contributed by atoms with Crippen LogP contribution >= 0.6 is 0 Å². The second-order valence-corrected chi connectivity index (χ2v) is 7.05. The van der Waals surface area contributed by atoms with E-state index >= 15 is 0 Å². The van der Waals surface area contributed by atoms with Crippen LogP contribution in [0.25, 0.3) is 0 Å². The van der Waals surface area contributed by atoms with Gasteiger partial charge in [0, 0.05) is 38.2 Å². The number of aliphatic hydroxyl groups excluding tert-OH is 1. The summed E-state index contributed by atoms with van der Waals surface area (Å²) in [7, 11) is 0. The van der Waals surface area contributed by atoms with Crippen LogP contribution in [-0.4, -0.2) is 64.5 Å². The molecule has 146 valence electrons. The fourth-order valence-electron chi connectivity index (χ4n) is 3.59. The summed E-state index contributed by atoms with van der Waals surface area (Å²) < 4.78 is 0. The van der Waals surface area contributed by atoms with Crippen molar-refractivity contribution >= 4 is 23.5 Å². The number of hydrogen-bond acceptors (Lipinski definition) is 6. The highest BCUT2D eigenvalue weighted by Gasteiger charge is 2.35. The van der Waals surface area contributed by atoms with Crippen molar-refractivity contribution in [2.24, 2.45) is 11.7 Å². The summed E-state index contributed by atoms with van der Waals surface area (Å²) in [6.07, 6.45) is 2.72. The first-order valence-corrected chi connectivity index (χ1v) is 9.20. The molecule has 0 unspecified atom stereocenters. The fraction of sp³-hybridized carbons (Fsp3) is 0.556. The van der Waals surface area contributed by atoms with Gasteiger partial charge in [-0.1, -0.05) is 0 Å². The highest BCUT2D eigenvalue weighted by molar-refractivity contribution is 5.92. The lowest BCUT2D eigenvalue weighted by Gasteiger charge is -2.35. The summed E-state index contributed by atoms with van der Waals surface area (Å²) in [4.78, 5) is 41.3. The van der Waals surface area contributed by atoms with Gasteiger partial charge in [-0.2, -0.15) is 0 Å². The van der Waals surface area contributed by atoms with E-state index in [9.17, 15) is 19.5 Å².